The third-order valence-electron chi connectivity index (χ3n) is 2.18. The summed E-state index contributed by atoms with van der Waals surface area (Å²) in [6.07, 6.45) is 2.99. The van der Waals surface area contributed by atoms with Gasteiger partial charge < -0.3 is 10.1 Å². The first-order valence-corrected chi connectivity index (χ1v) is 5.87. The quantitative estimate of drug-likeness (QED) is 0.570. The molecule has 0 amide bonds. The molecule has 0 aromatic carbocycles. The molecule has 0 aliphatic carbocycles. The van der Waals surface area contributed by atoms with Crippen LogP contribution in [0.25, 0.3) is 0 Å². The van der Waals surface area contributed by atoms with Gasteiger partial charge in [0.25, 0.3) is 0 Å². The van der Waals surface area contributed by atoms with Gasteiger partial charge in [-0.15, -0.1) is 0 Å². The molecule has 94 valence electrons. The summed E-state index contributed by atoms with van der Waals surface area (Å²) in [6, 6.07) is 1.88. The maximum absolute atomic E-state index is 11.1. The van der Waals surface area contributed by atoms with Crippen molar-refractivity contribution >= 4 is 5.97 Å². The molecule has 0 radical (unpaired) electrons. The van der Waals surface area contributed by atoms with Crippen molar-refractivity contribution in [3.05, 3.63) is 23.8 Å². The number of hydrogen-bond acceptors (Lipinski definition) is 5. The van der Waals surface area contributed by atoms with Gasteiger partial charge in [0.1, 0.15) is 5.82 Å². The highest BCUT2D eigenvalue weighted by Crippen LogP contribution is 1.95. The van der Waals surface area contributed by atoms with E-state index >= 15 is 0 Å². The summed E-state index contributed by atoms with van der Waals surface area (Å²) in [4.78, 5) is 19.3. The van der Waals surface area contributed by atoms with Crippen LogP contribution in [-0.2, 0) is 16.1 Å². The molecule has 1 N–H and O–H groups in total. The van der Waals surface area contributed by atoms with Gasteiger partial charge >= 0.3 is 5.97 Å². The maximum atomic E-state index is 11.1. The van der Waals surface area contributed by atoms with Gasteiger partial charge in [-0.3, -0.25) is 4.79 Å². The predicted molar refractivity (Wildman–Crippen MR) is 64.3 cm³/mol. The standard InChI is InChI=1S/C12H19N3O2/c1-3-17-12(16)5-4-7-13-9-11-6-8-14-10(2)15-11/h6,8,13H,3-5,7,9H2,1-2H3. The zero-order chi connectivity index (χ0) is 12.5. The Bertz CT molecular complexity index is 355. The van der Waals surface area contributed by atoms with Crippen LogP contribution in [0.1, 0.15) is 31.3 Å². The van der Waals surface area contributed by atoms with E-state index in [0.29, 0.717) is 19.6 Å². The number of esters is 1. The third kappa shape index (κ3) is 5.97. The molecule has 0 saturated carbocycles. The number of nitrogens with one attached hydrogen (secondary N) is 1. The van der Waals surface area contributed by atoms with Crippen molar-refractivity contribution in [1.82, 2.24) is 15.3 Å². The van der Waals surface area contributed by atoms with Crippen LogP contribution in [-0.4, -0.2) is 29.1 Å². The van der Waals surface area contributed by atoms with Gasteiger partial charge in [0.05, 0.1) is 12.3 Å². The second kappa shape index (κ2) is 7.73. The van der Waals surface area contributed by atoms with Crippen LogP contribution in [0.3, 0.4) is 0 Å². The number of rotatable bonds is 7. The molecule has 0 bridgehead atoms. The van der Waals surface area contributed by atoms with Gasteiger partial charge in [-0.1, -0.05) is 0 Å². The molecular formula is C12H19N3O2. The maximum Gasteiger partial charge on any atom is 0.305 e. The topological polar surface area (TPSA) is 64.1 Å². The van der Waals surface area contributed by atoms with E-state index in [-0.39, 0.29) is 5.97 Å². The van der Waals surface area contributed by atoms with Crippen molar-refractivity contribution in [1.29, 1.82) is 0 Å². The van der Waals surface area contributed by atoms with Crippen molar-refractivity contribution in [2.75, 3.05) is 13.2 Å². The van der Waals surface area contributed by atoms with E-state index in [9.17, 15) is 4.79 Å². The number of carbonyl (C=O) groups excluding carboxylic acids is 1. The van der Waals surface area contributed by atoms with Crippen LogP contribution in [0, 0.1) is 6.92 Å². The molecule has 17 heavy (non-hydrogen) atoms. The van der Waals surface area contributed by atoms with Crippen molar-refractivity contribution < 1.29 is 9.53 Å². The largest absolute Gasteiger partial charge is 0.466 e. The highest BCUT2D eigenvalue weighted by atomic mass is 16.5. The van der Waals surface area contributed by atoms with Crippen LogP contribution in [0.4, 0.5) is 0 Å². The first kappa shape index (κ1) is 13.6. The molecule has 0 aliphatic heterocycles. The van der Waals surface area contributed by atoms with Crippen molar-refractivity contribution in [2.45, 2.75) is 33.2 Å². The highest BCUT2D eigenvalue weighted by molar-refractivity contribution is 5.69. The van der Waals surface area contributed by atoms with Gasteiger partial charge in [-0.25, -0.2) is 9.97 Å². The summed E-state index contributed by atoms with van der Waals surface area (Å²) in [7, 11) is 0. The van der Waals surface area contributed by atoms with Crippen molar-refractivity contribution in [2.24, 2.45) is 0 Å². The van der Waals surface area contributed by atoms with E-state index in [2.05, 4.69) is 15.3 Å². The van der Waals surface area contributed by atoms with E-state index in [1.807, 2.05) is 19.9 Å². The lowest BCUT2D eigenvalue weighted by molar-refractivity contribution is -0.143. The van der Waals surface area contributed by atoms with Crippen molar-refractivity contribution in [3.63, 3.8) is 0 Å². The van der Waals surface area contributed by atoms with E-state index in [4.69, 9.17) is 4.74 Å². The molecular weight excluding hydrogens is 218 g/mol. The first-order valence-electron chi connectivity index (χ1n) is 5.87. The van der Waals surface area contributed by atoms with E-state index < -0.39 is 0 Å². The molecule has 1 aromatic rings. The number of nitrogens with zero attached hydrogens (tertiary/aromatic N) is 2. The fourth-order valence-corrected chi connectivity index (χ4v) is 1.41. The molecule has 1 aromatic heterocycles. The molecule has 1 heterocycles. The average Bonchev–Trinajstić information content (AvgIpc) is 2.29. The van der Waals surface area contributed by atoms with Crippen molar-refractivity contribution in [3.8, 4) is 0 Å². The lowest BCUT2D eigenvalue weighted by atomic mass is 10.3. The van der Waals surface area contributed by atoms with Crippen LogP contribution < -0.4 is 5.32 Å². The minimum atomic E-state index is -0.132. The summed E-state index contributed by atoms with van der Waals surface area (Å²) >= 11 is 0. The Morgan fingerprint density at radius 1 is 1.53 bits per heavy atom. The van der Waals surface area contributed by atoms with Gasteiger partial charge in [-0.05, 0) is 32.9 Å². The lowest BCUT2D eigenvalue weighted by Crippen LogP contribution is -2.17. The Morgan fingerprint density at radius 3 is 3.06 bits per heavy atom. The van der Waals surface area contributed by atoms with E-state index in [1.54, 1.807) is 6.20 Å². The zero-order valence-electron chi connectivity index (χ0n) is 10.4. The second-order valence-electron chi connectivity index (χ2n) is 3.68. The smallest absolute Gasteiger partial charge is 0.305 e. The number of aromatic nitrogens is 2. The molecule has 0 aliphatic rings. The molecule has 5 heteroatoms. The van der Waals surface area contributed by atoms with E-state index in [1.165, 1.54) is 0 Å². The summed E-state index contributed by atoms with van der Waals surface area (Å²) in [5.74, 6) is 0.642. The molecule has 0 fully saturated rings. The zero-order valence-corrected chi connectivity index (χ0v) is 10.4. The molecule has 0 atom stereocenters. The Hall–Kier alpha value is -1.49. The van der Waals surface area contributed by atoms with Gasteiger partial charge in [0, 0.05) is 19.2 Å². The van der Waals surface area contributed by atoms with Crippen LogP contribution >= 0.6 is 0 Å². The molecule has 1 rings (SSSR count). The first-order chi connectivity index (χ1) is 8.22. The number of ether oxygens (including phenoxy) is 1. The van der Waals surface area contributed by atoms with Crippen LogP contribution in [0.5, 0.6) is 0 Å². The third-order valence-corrected chi connectivity index (χ3v) is 2.18. The summed E-state index contributed by atoms with van der Waals surface area (Å²) in [5, 5.41) is 3.23. The Morgan fingerprint density at radius 2 is 2.35 bits per heavy atom. The Labute approximate surface area is 102 Å². The molecule has 5 nitrogen and oxygen atoms in total. The summed E-state index contributed by atoms with van der Waals surface area (Å²) < 4.78 is 4.84. The van der Waals surface area contributed by atoms with Gasteiger partial charge in [0.15, 0.2) is 0 Å². The van der Waals surface area contributed by atoms with E-state index in [0.717, 1.165) is 24.5 Å². The monoisotopic (exact) mass is 237 g/mol. The number of aryl methyl sites for hydroxylation is 1. The summed E-state index contributed by atoms with van der Waals surface area (Å²) in [5.41, 5.74) is 0.966. The average molecular weight is 237 g/mol. The lowest BCUT2D eigenvalue weighted by Gasteiger charge is -2.04. The predicted octanol–water partition coefficient (Wildman–Crippen LogP) is 1.22. The van der Waals surface area contributed by atoms with Gasteiger partial charge in [-0.2, -0.15) is 0 Å². The van der Waals surface area contributed by atoms with Crippen LogP contribution in [0.15, 0.2) is 12.3 Å². The SMILES string of the molecule is CCOC(=O)CCCNCc1ccnc(C)n1. The number of hydrogen-bond donors (Lipinski definition) is 1. The minimum absolute atomic E-state index is 0.132. The number of carbonyl (C=O) groups is 1. The molecule has 0 saturated heterocycles. The highest BCUT2D eigenvalue weighted by Gasteiger charge is 2.00. The second-order valence-corrected chi connectivity index (χ2v) is 3.68. The molecule has 0 unspecified atom stereocenters. The minimum Gasteiger partial charge on any atom is -0.466 e. The Kier molecular flexibility index (Phi) is 6.17. The summed E-state index contributed by atoms with van der Waals surface area (Å²) in [6.45, 7) is 5.61. The molecule has 0 spiro atoms. The van der Waals surface area contributed by atoms with Crippen LogP contribution in [0.2, 0.25) is 0 Å². The van der Waals surface area contributed by atoms with Gasteiger partial charge in [0.2, 0.25) is 0 Å². The fourth-order valence-electron chi connectivity index (χ4n) is 1.41. The normalized spacial score (nSPS) is 10.2. The fraction of sp³-hybridized carbons (Fsp3) is 0.583. The Balaban J connectivity index is 2.10.